The maximum Gasteiger partial charge on any atom is 0.223 e. The molecule has 0 spiro atoms. The summed E-state index contributed by atoms with van der Waals surface area (Å²) in [4.78, 5) is 30.6. The number of hydrogen-bond acceptors (Lipinski definition) is 25. The fourth-order valence-electron chi connectivity index (χ4n) is 3.20. The van der Waals surface area contributed by atoms with Crippen molar-refractivity contribution < 1.29 is 13.6 Å². The Kier molecular flexibility index (Phi) is 54.9. The summed E-state index contributed by atoms with van der Waals surface area (Å²) in [6.07, 6.45) is 10.9. The van der Waals surface area contributed by atoms with Gasteiger partial charge in [-0.1, -0.05) is 79.6 Å². The van der Waals surface area contributed by atoms with E-state index in [2.05, 4.69) is 129 Å². The minimum Gasteiger partial charge on any atom is -0.342 e. The zero-order valence-corrected chi connectivity index (χ0v) is 50.6. The average Bonchev–Trinajstić information content (AvgIpc) is 4.23. The summed E-state index contributed by atoms with van der Waals surface area (Å²) in [6, 6.07) is 0. The maximum atomic E-state index is 4.60. The zero-order valence-electron chi connectivity index (χ0n) is 48.9. The molecule has 420 valence electrons. The Labute approximate surface area is 451 Å². The number of aromatic nitrogens is 25. The van der Waals surface area contributed by atoms with E-state index >= 15 is 0 Å². The average molecular weight is 1090 g/mol. The first-order valence-corrected chi connectivity index (χ1v) is 25.3. The summed E-state index contributed by atoms with van der Waals surface area (Å²) in [5.41, 5.74) is 0.861. The number of aryl methyl sites for hydroxylation is 15. The third-order valence-corrected chi connectivity index (χ3v) is 7.49. The van der Waals surface area contributed by atoms with E-state index in [-0.39, 0.29) is 0 Å². The predicted octanol–water partition coefficient (Wildman–Crippen LogP) is 9.47. The van der Waals surface area contributed by atoms with Gasteiger partial charge in [0.05, 0.1) is 0 Å². The fourth-order valence-corrected chi connectivity index (χ4v) is 4.16. The van der Waals surface area contributed by atoms with Gasteiger partial charge in [0.15, 0.2) is 17.4 Å². The van der Waals surface area contributed by atoms with Crippen molar-refractivity contribution >= 4 is 23.1 Å². The molecule has 3 N–H and O–H groups in total. The van der Waals surface area contributed by atoms with Crippen molar-refractivity contribution in [2.24, 2.45) is 14.1 Å². The lowest BCUT2D eigenvalue weighted by Gasteiger charge is -1.74. The van der Waals surface area contributed by atoms with Crippen molar-refractivity contribution in [1.82, 2.24) is 124 Å². The highest BCUT2D eigenvalue weighted by molar-refractivity contribution is 7.05. The number of hydrogen-bond donors (Lipinski definition) is 3. The first kappa shape index (κ1) is 76.2. The lowest BCUT2D eigenvalue weighted by Crippen LogP contribution is -1.83. The molecule has 0 fully saturated rings. The summed E-state index contributed by atoms with van der Waals surface area (Å²) in [6.45, 7) is 44.0. The van der Waals surface area contributed by atoms with Gasteiger partial charge in [-0.3, -0.25) is 20.0 Å². The summed E-state index contributed by atoms with van der Waals surface area (Å²) in [7, 11) is 3.70. The molecule has 10 rings (SSSR count). The van der Waals surface area contributed by atoms with Gasteiger partial charge < -0.3 is 18.1 Å². The number of nitrogens with one attached hydrogen (secondary N) is 3. The molecule has 10 aromatic heterocycles. The van der Waals surface area contributed by atoms with E-state index < -0.39 is 0 Å². The van der Waals surface area contributed by atoms with E-state index in [4.69, 9.17) is 0 Å². The molecule has 0 radical (unpaired) electrons. The molecule has 0 atom stereocenters. The molecule has 0 unspecified atom stereocenters. The summed E-state index contributed by atoms with van der Waals surface area (Å²) >= 11 is 2.89. The zero-order chi connectivity index (χ0) is 58.4. The van der Waals surface area contributed by atoms with Gasteiger partial charge in [-0.15, -0.1) is 15.3 Å². The number of rotatable bonds is 0. The predicted molar refractivity (Wildman–Crippen MR) is 292 cm³/mol. The normalized spacial score (nSPS) is 8.33. The van der Waals surface area contributed by atoms with Crippen LogP contribution in [0.15, 0.2) is 57.9 Å². The van der Waals surface area contributed by atoms with Crippen molar-refractivity contribution in [3.8, 4) is 0 Å². The standard InChI is InChI=1S/3C4H6N2O.2C4H6N2S.5C3H5N3.5C2H6/c2*1-3-5-4(2)7-6-3;1-3-4(2)7-6-5-3;2*1-3-5-4(2)7-6-3;1-6-2-4-5-3-6;1-6-3-4-2-5-6;3*1-3-4-2-5-6-3;5*1-2/h5*1-2H3;2*2-3H,1H3;3*2H,1H3,(H,4,5,6);5*1-2H3. The van der Waals surface area contributed by atoms with Crippen LogP contribution in [0.2, 0.25) is 0 Å². The van der Waals surface area contributed by atoms with Crippen LogP contribution in [0.25, 0.3) is 0 Å². The second-order valence-electron chi connectivity index (χ2n) is 12.3. The highest BCUT2D eigenvalue weighted by Crippen LogP contribution is 2.00. The Balaban J connectivity index is -0.000000238. The first-order chi connectivity index (χ1) is 35.9. The number of nitrogens with zero attached hydrogens (tertiary/aromatic N) is 22. The van der Waals surface area contributed by atoms with Crippen molar-refractivity contribution in [2.75, 3.05) is 0 Å². The van der Waals surface area contributed by atoms with Crippen LogP contribution < -0.4 is 0 Å². The van der Waals surface area contributed by atoms with Gasteiger partial charge in [0, 0.05) is 33.2 Å². The van der Waals surface area contributed by atoms with Gasteiger partial charge in [0.25, 0.3) is 0 Å². The van der Waals surface area contributed by atoms with E-state index in [1.165, 1.54) is 48.4 Å². The van der Waals surface area contributed by atoms with Crippen LogP contribution in [0.5, 0.6) is 0 Å². The molecule has 30 heteroatoms. The summed E-state index contributed by atoms with van der Waals surface area (Å²) in [5.74, 6) is 7.75. The monoisotopic (exact) mass is 1090 g/mol. The first-order valence-electron chi connectivity index (χ1n) is 23.8. The van der Waals surface area contributed by atoms with E-state index in [0.29, 0.717) is 23.4 Å². The van der Waals surface area contributed by atoms with Crippen molar-refractivity contribution in [2.45, 2.75) is 159 Å². The van der Waals surface area contributed by atoms with Gasteiger partial charge >= 0.3 is 0 Å². The molecule has 0 bridgehead atoms. The molecule has 10 aromatic rings. The fraction of sp³-hybridized carbons (Fsp3) is 0.556. The smallest absolute Gasteiger partial charge is 0.223 e. The molecular formula is C45H85N25O3S2. The van der Waals surface area contributed by atoms with E-state index in [9.17, 15) is 0 Å². The lowest BCUT2D eigenvalue weighted by molar-refractivity contribution is 0.373. The molecule has 0 saturated heterocycles. The Morgan fingerprint density at radius 1 is 0.453 bits per heavy atom. The second kappa shape index (κ2) is 54.0. The Bertz CT molecular complexity index is 2110. The molecular weight excluding hydrogens is 1000 g/mol. The van der Waals surface area contributed by atoms with Crippen LogP contribution in [0, 0.1) is 90.0 Å². The highest BCUT2D eigenvalue weighted by Gasteiger charge is 1.94. The molecule has 0 aliphatic heterocycles. The third-order valence-electron chi connectivity index (χ3n) is 6.07. The minimum atomic E-state index is 0.623. The molecule has 0 saturated carbocycles. The topological polar surface area (TPSA) is 354 Å². The van der Waals surface area contributed by atoms with E-state index in [0.717, 1.165) is 50.6 Å². The quantitative estimate of drug-likeness (QED) is 0.127. The largest absolute Gasteiger partial charge is 0.342 e. The summed E-state index contributed by atoms with van der Waals surface area (Å²) < 4.78 is 25.1. The van der Waals surface area contributed by atoms with Crippen LogP contribution in [-0.4, -0.2) is 124 Å². The van der Waals surface area contributed by atoms with Gasteiger partial charge in [0.1, 0.15) is 89.1 Å². The Hall–Kier alpha value is -7.76. The highest BCUT2D eigenvalue weighted by atomic mass is 32.1. The molecule has 28 nitrogen and oxygen atoms in total. The Morgan fingerprint density at radius 2 is 0.827 bits per heavy atom. The number of H-pyrrole nitrogens is 3. The van der Waals surface area contributed by atoms with Gasteiger partial charge in [-0.05, 0) is 99.2 Å². The Morgan fingerprint density at radius 3 is 0.907 bits per heavy atom. The summed E-state index contributed by atoms with van der Waals surface area (Å²) in [5, 5.41) is 45.5. The van der Waals surface area contributed by atoms with Crippen LogP contribution in [0.3, 0.4) is 0 Å². The molecule has 0 aliphatic carbocycles. The second-order valence-corrected chi connectivity index (χ2v) is 14.2. The van der Waals surface area contributed by atoms with E-state index in [1.54, 1.807) is 55.9 Å². The lowest BCUT2D eigenvalue weighted by atomic mass is 10.4. The maximum absolute atomic E-state index is 4.60. The van der Waals surface area contributed by atoms with Crippen LogP contribution in [0.4, 0.5) is 0 Å². The van der Waals surface area contributed by atoms with Crippen LogP contribution in [0.1, 0.15) is 143 Å². The van der Waals surface area contributed by atoms with Crippen molar-refractivity contribution in [1.29, 1.82) is 0 Å². The molecule has 10 heterocycles. The van der Waals surface area contributed by atoms with Gasteiger partial charge in [-0.2, -0.15) is 39.1 Å². The SMILES string of the molecule is CC.CC.CC.CC.CC.Cc1ncn[nH]1.Cc1ncn[nH]1.Cc1ncn[nH]1.Cc1nnoc1C.Cc1noc(C)n1.Cc1noc(C)n1.Cc1nsc(C)n1.Cc1nsc(C)n1.Cn1cncn1.Cn1cnnc1. The van der Waals surface area contributed by atoms with Gasteiger partial charge in [-0.25, -0.2) is 29.9 Å². The minimum absolute atomic E-state index is 0.623. The van der Waals surface area contributed by atoms with Gasteiger partial charge in [0.2, 0.25) is 11.8 Å². The van der Waals surface area contributed by atoms with Crippen LogP contribution >= 0.6 is 23.1 Å². The molecule has 0 aromatic carbocycles. The van der Waals surface area contributed by atoms with Crippen molar-refractivity contribution in [3.05, 3.63) is 118 Å². The van der Waals surface area contributed by atoms with Crippen LogP contribution in [-0.2, 0) is 14.1 Å². The number of aromatic amines is 3. The van der Waals surface area contributed by atoms with Crippen molar-refractivity contribution in [3.63, 3.8) is 0 Å². The molecule has 75 heavy (non-hydrogen) atoms. The molecule has 0 aliphatic rings. The third kappa shape index (κ3) is 51.0. The molecule has 0 amide bonds. The van der Waals surface area contributed by atoms with E-state index in [1.807, 2.05) is 146 Å².